The molecule has 0 amide bonds. The van der Waals surface area contributed by atoms with Gasteiger partial charge in [0.1, 0.15) is 0 Å². The van der Waals surface area contributed by atoms with Gasteiger partial charge in [-0.3, -0.25) is 0 Å². The molecule has 0 aliphatic rings. The number of hydrogen-bond donors (Lipinski definition) is 0. The van der Waals surface area contributed by atoms with Crippen molar-refractivity contribution in [3.8, 4) is 79.1 Å². The van der Waals surface area contributed by atoms with E-state index in [-0.39, 0.29) is 27.1 Å². The van der Waals surface area contributed by atoms with Gasteiger partial charge in [-0.2, -0.15) is 0 Å². The van der Waals surface area contributed by atoms with Gasteiger partial charge in [-0.15, -0.1) is 6.42 Å². The van der Waals surface area contributed by atoms with Crippen molar-refractivity contribution >= 4 is 0 Å². The average Bonchev–Trinajstić information content (AvgIpc) is 3.24. The number of benzene rings is 7. The van der Waals surface area contributed by atoms with Gasteiger partial charge in [0.15, 0.2) is 0 Å². The van der Waals surface area contributed by atoms with Crippen molar-refractivity contribution in [2.75, 3.05) is 0 Å². The lowest BCUT2D eigenvalue weighted by Gasteiger charge is -2.30. The molecule has 0 aliphatic carbocycles. The monoisotopic (exact) mass is 839 g/mol. The van der Waals surface area contributed by atoms with E-state index in [1.54, 1.807) is 0 Å². The van der Waals surface area contributed by atoms with Crippen LogP contribution in [-0.4, -0.2) is 0 Å². The molecule has 0 heteroatoms. The van der Waals surface area contributed by atoms with E-state index >= 15 is 0 Å². The van der Waals surface area contributed by atoms with Gasteiger partial charge in [0.25, 0.3) is 0 Å². The molecular weight excluding hydrogens is 769 g/mol. The minimum atomic E-state index is 0.00102. The summed E-state index contributed by atoms with van der Waals surface area (Å²) >= 11 is 0. The van der Waals surface area contributed by atoms with Crippen LogP contribution in [0, 0.1) is 12.3 Å². The molecule has 0 unspecified atom stereocenters. The van der Waals surface area contributed by atoms with Crippen LogP contribution in [0.1, 0.15) is 137 Å². The third-order valence-corrected chi connectivity index (χ3v) is 13.0. The van der Waals surface area contributed by atoms with E-state index in [1.807, 2.05) is 0 Å². The lowest BCUT2D eigenvalue weighted by atomic mass is 9.73. The predicted octanol–water partition coefficient (Wildman–Crippen LogP) is 18.2. The predicted molar refractivity (Wildman–Crippen MR) is 280 cm³/mol. The molecule has 0 radical (unpaired) electrons. The van der Waals surface area contributed by atoms with Crippen LogP contribution in [0.25, 0.3) is 66.8 Å². The first-order valence-corrected chi connectivity index (χ1v) is 23.2. The summed E-state index contributed by atoms with van der Waals surface area (Å²) in [5.74, 6) is 2.89. The Morgan fingerprint density at radius 2 is 0.375 bits per heavy atom. The topological polar surface area (TPSA) is 0 Å². The Morgan fingerprint density at radius 1 is 0.234 bits per heavy atom. The van der Waals surface area contributed by atoms with Crippen LogP contribution in [0.2, 0.25) is 0 Å². The maximum Gasteiger partial charge on any atom is 0.0243 e. The van der Waals surface area contributed by atoms with Crippen LogP contribution >= 0.6 is 0 Å². The summed E-state index contributed by atoms with van der Waals surface area (Å²) in [5.41, 5.74) is 21.7. The van der Waals surface area contributed by atoms with E-state index in [1.165, 1.54) is 89.0 Å². The second-order valence-corrected chi connectivity index (χ2v) is 23.1. The Morgan fingerprint density at radius 3 is 0.500 bits per heavy atom. The van der Waals surface area contributed by atoms with Crippen molar-refractivity contribution in [1.82, 2.24) is 0 Å². The van der Waals surface area contributed by atoms with Gasteiger partial charge in [-0.1, -0.05) is 243 Å². The van der Waals surface area contributed by atoms with Gasteiger partial charge in [-0.05, 0) is 134 Å². The minimum absolute atomic E-state index is 0.00102. The van der Waals surface area contributed by atoms with E-state index in [2.05, 4.69) is 255 Å². The molecule has 7 aromatic carbocycles. The third kappa shape index (κ3) is 9.47. The summed E-state index contributed by atoms with van der Waals surface area (Å²) in [6, 6.07) is 55.7. The fourth-order valence-corrected chi connectivity index (χ4v) is 8.90. The summed E-state index contributed by atoms with van der Waals surface area (Å²) in [6.45, 7) is 34.4. The van der Waals surface area contributed by atoms with Crippen molar-refractivity contribution < 1.29 is 0 Å². The molecule has 326 valence electrons. The molecule has 0 aliphatic heterocycles. The summed E-state index contributed by atoms with van der Waals surface area (Å²) in [4.78, 5) is 0. The number of hydrogen-bond acceptors (Lipinski definition) is 0. The highest BCUT2D eigenvalue weighted by Crippen LogP contribution is 2.56. The average molecular weight is 839 g/mol. The minimum Gasteiger partial charge on any atom is -0.115 e. The number of rotatable bonds is 6. The Balaban J connectivity index is 1.80. The second-order valence-electron chi connectivity index (χ2n) is 23.1. The molecular formula is C64H70. The molecule has 0 bridgehead atoms. The lowest BCUT2D eigenvalue weighted by Crippen LogP contribution is -2.11. The Labute approximate surface area is 387 Å². The van der Waals surface area contributed by atoms with Crippen LogP contribution in [0.3, 0.4) is 0 Å². The van der Waals surface area contributed by atoms with Crippen LogP contribution < -0.4 is 0 Å². The summed E-state index contributed by atoms with van der Waals surface area (Å²) in [6.07, 6.45) is 6.04. The van der Waals surface area contributed by atoms with Gasteiger partial charge in [0.2, 0.25) is 0 Å². The molecule has 0 saturated carbocycles. The smallest absolute Gasteiger partial charge is 0.0243 e. The summed E-state index contributed by atoms with van der Waals surface area (Å²) in [7, 11) is 0. The third-order valence-electron chi connectivity index (χ3n) is 13.0. The number of terminal acetylenes is 1. The summed E-state index contributed by atoms with van der Waals surface area (Å²) < 4.78 is 0. The lowest BCUT2D eigenvalue weighted by molar-refractivity contribution is 0.590. The standard InChI is InChI=1S/C64H70/c1-17-42-18-20-43(21-19-42)54-55(44-22-32-49(33-23-44)60(2,3)4)57(46-26-36-51(37-27-46)62(8,9)10)59(48-30-40-53(41-31-48)64(14,15)16)58(47-28-38-52(39-29-47)63(11,12)13)56(54)45-24-34-50(35-25-45)61(5,6)7/h1,18-41H,2-16H3. The van der Waals surface area contributed by atoms with Crippen LogP contribution in [0.15, 0.2) is 146 Å². The zero-order chi connectivity index (χ0) is 46.6. The zero-order valence-corrected chi connectivity index (χ0v) is 41.4. The van der Waals surface area contributed by atoms with Crippen molar-refractivity contribution in [3.63, 3.8) is 0 Å². The molecule has 0 heterocycles. The fraction of sp³-hybridized carbons (Fsp3) is 0.312. The van der Waals surface area contributed by atoms with E-state index in [4.69, 9.17) is 6.42 Å². The molecule has 7 aromatic rings. The Bertz CT molecular complexity index is 2640. The SMILES string of the molecule is C#Cc1ccc(-c2c(-c3ccc(C(C)(C)C)cc3)c(-c3ccc(C(C)(C)C)cc3)c(-c3ccc(C(C)(C)C)cc3)c(-c3ccc(C(C)(C)C)cc3)c2-c2ccc(C(C)(C)C)cc2)cc1. The zero-order valence-electron chi connectivity index (χ0n) is 41.4. The molecule has 0 spiro atoms. The first kappa shape index (κ1) is 46.1. The molecule has 0 N–H and O–H groups in total. The van der Waals surface area contributed by atoms with E-state index < -0.39 is 0 Å². The largest absolute Gasteiger partial charge is 0.115 e. The first-order valence-electron chi connectivity index (χ1n) is 23.2. The normalized spacial score (nSPS) is 12.6. The molecule has 0 atom stereocenters. The van der Waals surface area contributed by atoms with Gasteiger partial charge in [0.05, 0.1) is 0 Å². The summed E-state index contributed by atoms with van der Waals surface area (Å²) in [5, 5.41) is 0. The molecule has 64 heavy (non-hydrogen) atoms. The van der Waals surface area contributed by atoms with E-state index in [9.17, 15) is 0 Å². The van der Waals surface area contributed by atoms with Crippen molar-refractivity contribution in [2.24, 2.45) is 0 Å². The fourth-order valence-electron chi connectivity index (χ4n) is 8.90. The molecule has 0 fully saturated rings. The highest BCUT2D eigenvalue weighted by atomic mass is 14.3. The van der Waals surface area contributed by atoms with Gasteiger partial charge < -0.3 is 0 Å². The molecule has 0 saturated heterocycles. The molecule has 0 nitrogen and oxygen atoms in total. The van der Waals surface area contributed by atoms with Crippen molar-refractivity contribution in [3.05, 3.63) is 179 Å². The first-order chi connectivity index (χ1) is 29.9. The van der Waals surface area contributed by atoms with Crippen LogP contribution in [0.4, 0.5) is 0 Å². The highest BCUT2D eigenvalue weighted by Gasteiger charge is 2.31. The van der Waals surface area contributed by atoms with Crippen LogP contribution in [-0.2, 0) is 27.1 Å². The highest BCUT2D eigenvalue weighted by molar-refractivity contribution is 6.15. The van der Waals surface area contributed by atoms with Gasteiger partial charge in [0, 0.05) is 5.56 Å². The van der Waals surface area contributed by atoms with Gasteiger partial charge >= 0.3 is 0 Å². The Kier molecular flexibility index (Phi) is 12.2. The maximum absolute atomic E-state index is 6.04. The van der Waals surface area contributed by atoms with Crippen molar-refractivity contribution in [2.45, 2.75) is 131 Å². The van der Waals surface area contributed by atoms with Crippen molar-refractivity contribution in [1.29, 1.82) is 0 Å². The molecule has 7 rings (SSSR count). The second kappa shape index (κ2) is 16.9. The van der Waals surface area contributed by atoms with E-state index in [0.717, 1.165) is 11.1 Å². The quantitative estimate of drug-likeness (QED) is 0.146. The maximum atomic E-state index is 6.04. The molecule has 0 aromatic heterocycles. The Hall–Kier alpha value is -5.90. The van der Waals surface area contributed by atoms with E-state index in [0.29, 0.717) is 0 Å². The van der Waals surface area contributed by atoms with Gasteiger partial charge in [-0.25, -0.2) is 0 Å². The van der Waals surface area contributed by atoms with Crippen LogP contribution in [0.5, 0.6) is 0 Å².